The van der Waals surface area contributed by atoms with E-state index in [2.05, 4.69) is 20.4 Å². The fourth-order valence-corrected chi connectivity index (χ4v) is 1.31. The van der Waals surface area contributed by atoms with Gasteiger partial charge in [-0.3, -0.25) is 4.68 Å². The first-order chi connectivity index (χ1) is 9.01. The van der Waals surface area contributed by atoms with Gasteiger partial charge < -0.3 is 15.2 Å². The van der Waals surface area contributed by atoms with Crippen LogP contribution in [0.3, 0.4) is 0 Å². The van der Waals surface area contributed by atoms with Crippen molar-refractivity contribution in [3.63, 3.8) is 0 Å². The number of aryl methyl sites for hydroxylation is 1. The number of ether oxygens (including phenoxy) is 1. The van der Waals surface area contributed by atoms with Crippen molar-refractivity contribution in [3.05, 3.63) is 11.9 Å². The molecule has 1 heterocycles. The number of alkyl halides is 3. The van der Waals surface area contributed by atoms with Crippen molar-refractivity contribution in [1.29, 1.82) is 0 Å². The highest BCUT2D eigenvalue weighted by atomic mass is 19.4. The first-order valence-electron chi connectivity index (χ1n) is 5.86. The lowest BCUT2D eigenvalue weighted by Crippen LogP contribution is -2.23. The lowest BCUT2D eigenvalue weighted by Gasteiger charge is -2.07. The van der Waals surface area contributed by atoms with Gasteiger partial charge in [-0.2, -0.15) is 13.2 Å². The third-order valence-electron chi connectivity index (χ3n) is 2.13. The van der Waals surface area contributed by atoms with E-state index in [4.69, 9.17) is 5.11 Å². The van der Waals surface area contributed by atoms with Gasteiger partial charge in [-0.15, -0.1) is 5.10 Å². The van der Waals surface area contributed by atoms with Gasteiger partial charge in [-0.1, -0.05) is 5.21 Å². The van der Waals surface area contributed by atoms with Gasteiger partial charge in [0.2, 0.25) is 0 Å². The molecule has 6 nitrogen and oxygen atoms in total. The fraction of sp³-hybridized carbons (Fsp3) is 0.800. The van der Waals surface area contributed by atoms with E-state index < -0.39 is 12.8 Å². The molecule has 0 aliphatic carbocycles. The molecular formula is C10H17F3N4O2. The van der Waals surface area contributed by atoms with Crippen molar-refractivity contribution < 1.29 is 23.0 Å². The van der Waals surface area contributed by atoms with Crippen molar-refractivity contribution in [3.8, 4) is 0 Å². The summed E-state index contributed by atoms with van der Waals surface area (Å²) in [6.07, 6.45) is -1.96. The standard InChI is InChI=1S/C10H17F3N4O2/c11-10(12,13)8-19-5-2-14-6-9-7-17(16-15-9)3-1-4-18/h7,14,18H,1-6,8H2. The molecule has 0 amide bonds. The van der Waals surface area contributed by atoms with Gasteiger partial charge in [-0.25, -0.2) is 0 Å². The minimum atomic E-state index is -4.28. The van der Waals surface area contributed by atoms with Crippen LogP contribution in [0.1, 0.15) is 12.1 Å². The number of hydrogen-bond acceptors (Lipinski definition) is 5. The molecule has 0 aliphatic rings. The molecule has 19 heavy (non-hydrogen) atoms. The molecule has 2 N–H and O–H groups in total. The van der Waals surface area contributed by atoms with Crippen LogP contribution in [0.15, 0.2) is 6.20 Å². The Hall–Kier alpha value is -1.19. The summed E-state index contributed by atoms with van der Waals surface area (Å²) in [6.45, 7) is 0.139. The molecule has 1 aromatic rings. The van der Waals surface area contributed by atoms with Crippen LogP contribution in [0.2, 0.25) is 0 Å². The average molecular weight is 282 g/mol. The number of nitrogens with one attached hydrogen (secondary N) is 1. The van der Waals surface area contributed by atoms with Gasteiger partial charge in [0.05, 0.1) is 12.3 Å². The molecule has 9 heteroatoms. The highest BCUT2D eigenvalue weighted by Gasteiger charge is 2.27. The zero-order valence-corrected chi connectivity index (χ0v) is 10.4. The number of rotatable bonds is 9. The highest BCUT2D eigenvalue weighted by Crippen LogP contribution is 2.13. The Kier molecular flexibility index (Phi) is 6.74. The summed E-state index contributed by atoms with van der Waals surface area (Å²) in [4.78, 5) is 0. The Balaban J connectivity index is 2.07. The Morgan fingerprint density at radius 2 is 2.21 bits per heavy atom. The van der Waals surface area contributed by atoms with E-state index in [0.29, 0.717) is 31.7 Å². The molecule has 0 aromatic carbocycles. The van der Waals surface area contributed by atoms with Gasteiger partial charge in [0, 0.05) is 32.4 Å². The molecule has 0 saturated heterocycles. The number of aliphatic hydroxyl groups is 1. The molecular weight excluding hydrogens is 265 g/mol. The Morgan fingerprint density at radius 1 is 1.42 bits per heavy atom. The monoisotopic (exact) mass is 282 g/mol. The Labute approximate surface area is 108 Å². The maximum atomic E-state index is 11.8. The van der Waals surface area contributed by atoms with Crippen molar-refractivity contribution >= 4 is 0 Å². The molecule has 0 unspecified atom stereocenters. The summed E-state index contributed by atoms with van der Waals surface area (Å²) in [5.74, 6) is 0. The third kappa shape index (κ3) is 7.75. The van der Waals surface area contributed by atoms with Crippen LogP contribution >= 0.6 is 0 Å². The van der Waals surface area contributed by atoms with Crippen LogP contribution in [0, 0.1) is 0 Å². The van der Waals surface area contributed by atoms with E-state index in [1.165, 1.54) is 0 Å². The first kappa shape index (κ1) is 15.9. The molecule has 0 spiro atoms. The smallest absolute Gasteiger partial charge is 0.396 e. The Bertz CT molecular complexity index is 357. The fourth-order valence-electron chi connectivity index (χ4n) is 1.31. The van der Waals surface area contributed by atoms with Crippen molar-refractivity contribution in [2.75, 3.05) is 26.4 Å². The third-order valence-corrected chi connectivity index (χ3v) is 2.13. The molecule has 0 saturated carbocycles. The van der Waals surface area contributed by atoms with E-state index in [0.717, 1.165) is 0 Å². The number of hydrogen-bond donors (Lipinski definition) is 2. The number of halogens is 3. The van der Waals surface area contributed by atoms with Gasteiger partial charge in [0.25, 0.3) is 0 Å². The second-order valence-electron chi connectivity index (χ2n) is 3.89. The predicted molar refractivity (Wildman–Crippen MR) is 60.3 cm³/mol. The average Bonchev–Trinajstić information content (AvgIpc) is 2.77. The number of nitrogens with zero attached hydrogens (tertiary/aromatic N) is 3. The van der Waals surface area contributed by atoms with Crippen LogP contribution in [0.25, 0.3) is 0 Å². The second kappa shape index (κ2) is 8.08. The van der Waals surface area contributed by atoms with E-state index in [-0.39, 0.29) is 13.2 Å². The molecule has 0 atom stereocenters. The predicted octanol–water partition coefficient (Wildman–Crippen LogP) is 0.329. The maximum Gasteiger partial charge on any atom is 0.411 e. The van der Waals surface area contributed by atoms with Gasteiger partial charge in [0.15, 0.2) is 0 Å². The molecule has 1 aromatic heterocycles. The van der Waals surface area contributed by atoms with Crippen LogP contribution in [0.5, 0.6) is 0 Å². The highest BCUT2D eigenvalue weighted by molar-refractivity contribution is 4.91. The maximum absolute atomic E-state index is 11.8. The molecule has 0 fully saturated rings. The summed E-state index contributed by atoms with van der Waals surface area (Å²) in [5, 5.41) is 19.3. The minimum Gasteiger partial charge on any atom is -0.396 e. The quantitative estimate of drug-likeness (QED) is 0.639. The largest absolute Gasteiger partial charge is 0.411 e. The van der Waals surface area contributed by atoms with E-state index in [1.807, 2.05) is 0 Å². The SMILES string of the molecule is OCCCn1cc(CNCCOCC(F)(F)F)nn1. The van der Waals surface area contributed by atoms with Crippen molar-refractivity contribution in [2.24, 2.45) is 0 Å². The van der Waals surface area contributed by atoms with Crippen LogP contribution in [0.4, 0.5) is 13.2 Å². The molecule has 0 radical (unpaired) electrons. The lowest BCUT2D eigenvalue weighted by atomic mass is 10.4. The minimum absolute atomic E-state index is 0.0157. The molecule has 0 bridgehead atoms. The van der Waals surface area contributed by atoms with Gasteiger partial charge in [-0.05, 0) is 6.42 Å². The normalized spacial score (nSPS) is 12.0. The summed E-state index contributed by atoms with van der Waals surface area (Å²) in [7, 11) is 0. The number of aromatic nitrogens is 3. The molecule has 1 rings (SSSR count). The zero-order valence-electron chi connectivity index (χ0n) is 10.4. The molecule has 110 valence electrons. The second-order valence-corrected chi connectivity index (χ2v) is 3.89. The molecule has 0 aliphatic heterocycles. The topological polar surface area (TPSA) is 72.2 Å². The van der Waals surface area contributed by atoms with E-state index in [1.54, 1.807) is 10.9 Å². The summed E-state index contributed by atoms with van der Waals surface area (Å²) < 4.78 is 41.3. The van der Waals surface area contributed by atoms with E-state index in [9.17, 15) is 13.2 Å². The summed E-state index contributed by atoms with van der Waals surface area (Å²) in [6, 6.07) is 0. The summed E-state index contributed by atoms with van der Waals surface area (Å²) in [5.41, 5.74) is 0.689. The summed E-state index contributed by atoms with van der Waals surface area (Å²) >= 11 is 0. The van der Waals surface area contributed by atoms with Crippen LogP contribution in [-0.4, -0.2) is 52.6 Å². The lowest BCUT2D eigenvalue weighted by molar-refractivity contribution is -0.173. The van der Waals surface area contributed by atoms with Crippen LogP contribution in [-0.2, 0) is 17.8 Å². The van der Waals surface area contributed by atoms with Gasteiger partial charge in [0.1, 0.15) is 6.61 Å². The van der Waals surface area contributed by atoms with Gasteiger partial charge >= 0.3 is 6.18 Å². The number of aliphatic hydroxyl groups excluding tert-OH is 1. The van der Waals surface area contributed by atoms with E-state index >= 15 is 0 Å². The van der Waals surface area contributed by atoms with Crippen LogP contribution < -0.4 is 5.32 Å². The zero-order chi connectivity index (χ0) is 14.1. The van der Waals surface area contributed by atoms with Crippen molar-refractivity contribution in [2.45, 2.75) is 25.7 Å². The van der Waals surface area contributed by atoms with Crippen molar-refractivity contribution in [1.82, 2.24) is 20.3 Å². The Morgan fingerprint density at radius 3 is 2.89 bits per heavy atom. The first-order valence-corrected chi connectivity index (χ1v) is 5.86.